The average molecular weight is 733 g/mol. The monoisotopic (exact) mass is 732 g/mol. The second-order valence-corrected chi connectivity index (χ2v) is 15.1. The van der Waals surface area contributed by atoms with Crippen LogP contribution in [0.2, 0.25) is 0 Å². The molecule has 0 atom stereocenters. The minimum atomic E-state index is 1.10. The van der Waals surface area contributed by atoms with Gasteiger partial charge in [-0.2, -0.15) is 0 Å². The molecule has 0 aliphatic carbocycles. The first kappa shape index (κ1) is 33.5. The molecule has 2 nitrogen and oxygen atoms in total. The van der Waals surface area contributed by atoms with Crippen LogP contribution in [0.1, 0.15) is 0 Å². The molecule has 3 heteroatoms. The highest BCUT2D eigenvalue weighted by atomic mass is 32.1. The Bertz CT molecular complexity index is 2830. The summed E-state index contributed by atoms with van der Waals surface area (Å²) >= 11 is 1.82. The molecule has 0 bridgehead atoms. The van der Waals surface area contributed by atoms with Gasteiger partial charge in [0.2, 0.25) is 0 Å². The Morgan fingerprint density at radius 2 is 0.768 bits per heavy atom. The molecule has 264 valence electrons. The van der Waals surface area contributed by atoms with E-state index in [4.69, 9.17) is 0 Å². The standard InChI is InChI=1S/C53H36N2S/c1-3-9-37(10-4-1)40-21-27-46(28-22-40)55(47-29-23-41(24-30-47)38-11-5-2-6-12-38)48-31-25-42(26-32-48)39-17-19-43(20-18-39)44-13-7-14-45(35-44)49-15-8-16-51-50-33-34-54-36-52(50)56-53(49)51/h1-36H. The molecule has 0 saturated heterocycles. The third-order valence-corrected chi connectivity index (χ3v) is 11.8. The Kier molecular flexibility index (Phi) is 8.75. The SMILES string of the molecule is c1ccc(-c2ccc(N(c3ccc(-c4ccccc4)cc3)c3ccc(-c4ccc(-c5cccc(-c6cccc7c6sc6cnccc67)c5)cc4)cc3)cc2)cc1. The van der Waals surface area contributed by atoms with Gasteiger partial charge in [0.1, 0.15) is 0 Å². The van der Waals surface area contributed by atoms with Crippen LogP contribution in [0.5, 0.6) is 0 Å². The first-order valence-corrected chi connectivity index (χ1v) is 19.7. The molecule has 10 rings (SSSR count). The summed E-state index contributed by atoms with van der Waals surface area (Å²) < 4.78 is 2.52. The molecule has 8 aromatic carbocycles. The largest absolute Gasteiger partial charge is 0.311 e. The van der Waals surface area contributed by atoms with Crippen LogP contribution in [-0.2, 0) is 0 Å². The molecular weight excluding hydrogens is 697 g/mol. The molecule has 0 aliphatic heterocycles. The fourth-order valence-corrected chi connectivity index (χ4v) is 8.92. The van der Waals surface area contributed by atoms with Crippen molar-refractivity contribution >= 4 is 48.6 Å². The van der Waals surface area contributed by atoms with E-state index in [2.05, 4.69) is 216 Å². The molecule has 0 N–H and O–H groups in total. The van der Waals surface area contributed by atoms with Crippen LogP contribution in [-0.4, -0.2) is 4.98 Å². The lowest BCUT2D eigenvalue weighted by Gasteiger charge is -2.26. The Morgan fingerprint density at radius 1 is 0.339 bits per heavy atom. The van der Waals surface area contributed by atoms with Gasteiger partial charge >= 0.3 is 0 Å². The van der Waals surface area contributed by atoms with Crippen molar-refractivity contribution < 1.29 is 0 Å². The van der Waals surface area contributed by atoms with Gasteiger partial charge in [0.25, 0.3) is 0 Å². The topological polar surface area (TPSA) is 16.1 Å². The first-order chi connectivity index (χ1) is 27.7. The van der Waals surface area contributed by atoms with E-state index in [-0.39, 0.29) is 0 Å². The molecule has 10 aromatic rings. The Morgan fingerprint density at radius 3 is 1.30 bits per heavy atom. The zero-order valence-electron chi connectivity index (χ0n) is 30.6. The maximum Gasteiger partial charge on any atom is 0.0538 e. The zero-order chi connectivity index (χ0) is 37.3. The Hall–Kier alpha value is -7.07. The predicted octanol–water partition coefficient (Wildman–Crippen LogP) is 15.3. The van der Waals surface area contributed by atoms with Crippen molar-refractivity contribution in [3.05, 3.63) is 219 Å². The van der Waals surface area contributed by atoms with Gasteiger partial charge < -0.3 is 4.90 Å². The van der Waals surface area contributed by atoms with Crippen LogP contribution in [0.3, 0.4) is 0 Å². The second-order valence-electron chi connectivity index (χ2n) is 14.0. The molecule has 0 aliphatic rings. The van der Waals surface area contributed by atoms with E-state index in [0.717, 1.165) is 17.1 Å². The van der Waals surface area contributed by atoms with Crippen LogP contribution >= 0.6 is 11.3 Å². The highest BCUT2D eigenvalue weighted by Gasteiger charge is 2.15. The highest BCUT2D eigenvalue weighted by Crippen LogP contribution is 2.41. The number of rotatable bonds is 8. The number of nitrogens with zero attached hydrogens (tertiary/aromatic N) is 2. The first-order valence-electron chi connectivity index (χ1n) is 18.9. The van der Waals surface area contributed by atoms with Gasteiger partial charge in [0.15, 0.2) is 0 Å². The zero-order valence-corrected chi connectivity index (χ0v) is 31.4. The van der Waals surface area contributed by atoms with Crippen LogP contribution in [0.25, 0.3) is 75.8 Å². The fourth-order valence-electron chi connectivity index (χ4n) is 7.72. The minimum Gasteiger partial charge on any atom is -0.311 e. The molecule has 56 heavy (non-hydrogen) atoms. The van der Waals surface area contributed by atoms with Gasteiger partial charge in [-0.25, -0.2) is 0 Å². The third kappa shape index (κ3) is 6.45. The molecule has 0 fully saturated rings. The van der Waals surface area contributed by atoms with Crippen molar-refractivity contribution in [2.75, 3.05) is 4.90 Å². The number of thiophene rings is 1. The number of anilines is 3. The van der Waals surface area contributed by atoms with Crippen molar-refractivity contribution in [3.8, 4) is 55.6 Å². The van der Waals surface area contributed by atoms with Crippen LogP contribution in [0.15, 0.2) is 219 Å². The van der Waals surface area contributed by atoms with Gasteiger partial charge in [-0.15, -0.1) is 11.3 Å². The highest BCUT2D eigenvalue weighted by molar-refractivity contribution is 7.26. The summed E-state index contributed by atoms with van der Waals surface area (Å²) in [5.74, 6) is 0. The minimum absolute atomic E-state index is 1.10. The number of hydrogen-bond acceptors (Lipinski definition) is 3. The summed E-state index contributed by atoms with van der Waals surface area (Å²) in [6.07, 6.45) is 3.85. The lowest BCUT2D eigenvalue weighted by atomic mass is 9.96. The van der Waals surface area contributed by atoms with Crippen LogP contribution in [0.4, 0.5) is 17.1 Å². The Labute approximate surface area is 331 Å². The molecule has 0 saturated carbocycles. The lowest BCUT2D eigenvalue weighted by Crippen LogP contribution is -2.09. The van der Waals surface area contributed by atoms with Crippen molar-refractivity contribution in [2.24, 2.45) is 0 Å². The van der Waals surface area contributed by atoms with Gasteiger partial charge in [0, 0.05) is 44.9 Å². The second kappa shape index (κ2) is 14.6. The lowest BCUT2D eigenvalue weighted by molar-refractivity contribution is 1.28. The maximum absolute atomic E-state index is 4.36. The molecule has 0 unspecified atom stereocenters. The van der Waals surface area contributed by atoms with E-state index in [1.807, 2.05) is 23.7 Å². The van der Waals surface area contributed by atoms with Gasteiger partial charge in [-0.3, -0.25) is 4.98 Å². The van der Waals surface area contributed by atoms with E-state index in [0.29, 0.717) is 0 Å². The molecular formula is C53H36N2S. The van der Waals surface area contributed by atoms with Crippen molar-refractivity contribution in [1.29, 1.82) is 0 Å². The summed E-state index contributed by atoms with van der Waals surface area (Å²) in [7, 11) is 0. The number of hydrogen-bond donors (Lipinski definition) is 0. The van der Waals surface area contributed by atoms with Gasteiger partial charge in [-0.1, -0.05) is 158 Å². The summed E-state index contributed by atoms with van der Waals surface area (Å²) in [6, 6.07) is 74.3. The number of fused-ring (bicyclic) bond motifs is 3. The number of aromatic nitrogens is 1. The van der Waals surface area contributed by atoms with Crippen LogP contribution < -0.4 is 4.90 Å². The van der Waals surface area contributed by atoms with Crippen molar-refractivity contribution in [3.63, 3.8) is 0 Å². The molecule has 2 aromatic heterocycles. The van der Waals surface area contributed by atoms with E-state index in [9.17, 15) is 0 Å². The van der Waals surface area contributed by atoms with E-state index >= 15 is 0 Å². The van der Waals surface area contributed by atoms with Gasteiger partial charge in [0.05, 0.1) is 4.70 Å². The number of benzene rings is 8. The average Bonchev–Trinajstić information content (AvgIpc) is 3.67. The van der Waals surface area contributed by atoms with Crippen molar-refractivity contribution in [1.82, 2.24) is 4.98 Å². The van der Waals surface area contributed by atoms with E-state index in [1.165, 1.54) is 75.8 Å². The maximum atomic E-state index is 4.36. The molecule has 0 amide bonds. The molecule has 2 heterocycles. The molecule has 0 spiro atoms. The number of pyridine rings is 1. The fraction of sp³-hybridized carbons (Fsp3) is 0. The quantitative estimate of drug-likeness (QED) is 0.155. The van der Waals surface area contributed by atoms with Gasteiger partial charge in [-0.05, 0) is 104 Å². The summed E-state index contributed by atoms with van der Waals surface area (Å²) in [6.45, 7) is 0. The third-order valence-electron chi connectivity index (χ3n) is 10.6. The van der Waals surface area contributed by atoms with E-state index in [1.54, 1.807) is 0 Å². The summed E-state index contributed by atoms with van der Waals surface area (Å²) in [5.41, 5.74) is 15.4. The van der Waals surface area contributed by atoms with Crippen molar-refractivity contribution in [2.45, 2.75) is 0 Å². The smallest absolute Gasteiger partial charge is 0.0538 e. The van der Waals surface area contributed by atoms with E-state index < -0.39 is 0 Å². The van der Waals surface area contributed by atoms with Crippen LogP contribution in [0, 0.1) is 0 Å². The normalized spacial score (nSPS) is 11.2. The Balaban J connectivity index is 0.941. The predicted molar refractivity (Wildman–Crippen MR) is 239 cm³/mol. The summed E-state index contributed by atoms with van der Waals surface area (Å²) in [5, 5.41) is 2.56. The molecule has 0 radical (unpaired) electrons. The summed E-state index contributed by atoms with van der Waals surface area (Å²) in [4.78, 5) is 6.69.